The monoisotopic (exact) mass is 355 g/mol. The zero-order chi connectivity index (χ0) is 17.3. The molecular formula is C23H30ClN. The van der Waals surface area contributed by atoms with Crippen molar-refractivity contribution >= 4 is 23.6 Å². The zero-order valence-corrected chi connectivity index (χ0v) is 16.8. The van der Waals surface area contributed by atoms with E-state index in [0.717, 1.165) is 6.42 Å². The molecule has 1 atom stereocenters. The Kier molecular flexibility index (Phi) is 6.13. The highest BCUT2D eigenvalue weighted by Gasteiger charge is 2.29. The first-order valence-corrected chi connectivity index (χ1v) is 8.98. The SMILES string of the molecule is Cc1ccc(C2=C(c3ccc(C)cc3)C(NC(C)(C)C)CC2)cc1.Cl. The van der Waals surface area contributed by atoms with Crippen molar-refractivity contribution in [2.75, 3.05) is 0 Å². The van der Waals surface area contributed by atoms with E-state index in [1.54, 1.807) is 0 Å². The second-order valence-corrected chi connectivity index (χ2v) is 8.11. The van der Waals surface area contributed by atoms with E-state index in [9.17, 15) is 0 Å². The van der Waals surface area contributed by atoms with Crippen LogP contribution in [0.5, 0.6) is 0 Å². The summed E-state index contributed by atoms with van der Waals surface area (Å²) in [5.74, 6) is 0. The van der Waals surface area contributed by atoms with Crippen LogP contribution in [0.15, 0.2) is 48.5 Å². The fraction of sp³-hybridized carbons (Fsp3) is 0.391. The molecule has 2 aromatic rings. The van der Waals surface area contributed by atoms with E-state index in [0.29, 0.717) is 6.04 Å². The van der Waals surface area contributed by atoms with Crippen LogP contribution in [-0.2, 0) is 0 Å². The first kappa shape index (κ1) is 19.8. The number of benzene rings is 2. The molecule has 0 saturated heterocycles. The Labute approximate surface area is 159 Å². The lowest BCUT2D eigenvalue weighted by Gasteiger charge is -2.28. The number of hydrogen-bond acceptors (Lipinski definition) is 1. The molecule has 0 aliphatic heterocycles. The first-order valence-electron chi connectivity index (χ1n) is 8.98. The Bertz CT molecular complexity index is 733. The summed E-state index contributed by atoms with van der Waals surface area (Å²) in [5.41, 5.74) is 8.45. The van der Waals surface area contributed by atoms with E-state index >= 15 is 0 Å². The van der Waals surface area contributed by atoms with E-state index in [4.69, 9.17) is 0 Å². The zero-order valence-electron chi connectivity index (χ0n) is 16.0. The van der Waals surface area contributed by atoms with Crippen LogP contribution in [0.25, 0.3) is 11.1 Å². The highest BCUT2D eigenvalue weighted by molar-refractivity contribution is 5.95. The van der Waals surface area contributed by atoms with Gasteiger partial charge in [0, 0.05) is 11.6 Å². The van der Waals surface area contributed by atoms with Gasteiger partial charge in [-0.1, -0.05) is 59.7 Å². The largest absolute Gasteiger partial charge is 0.305 e. The minimum atomic E-state index is 0. The van der Waals surface area contributed by atoms with Crippen molar-refractivity contribution < 1.29 is 0 Å². The molecule has 2 aromatic carbocycles. The molecule has 25 heavy (non-hydrogen) atoms. The van der Waals surface area contributed by atoms with E-state index in [1.807, 2.05) is 0 Å². The molecule has 3 rings (SSSR count). The molecular weight excluding hydrogens is 326 g/mol. The summed E-state index contributed by atoms with van der Waals surface area (Å²) in [6.45, 7) is 11.1. The third-order valence-electron chi connectivity index (χ3n) is 4.73. The molecule has 134 valence electrons. The fourth-order valence-corrected chi connectivity index (χ4v) is 3.61. The molecule has 0 heterocycles. The van der Waals surface area contributed by atoms with Gasteiger partial charge in [0.05, 0.1) is 0 Å². The number of aryl methyl sites for hydroxylation is 2. The Hall–Kier alpha value is -1.57. The lowest BCUT2D eigenvalue weighted by atomic mass is 9.93. The number of allylic oxidation sites excluding steroid dienone is 1. The van der Waals surface area contributed by atoms with Crippen molar-refractivity contribution in [3.8, 4) is 0 Å². The maximum Gasteiger partial charge on any atom is 0.0336 e. The Morgan fingerprint density at radius 3 is 1.76 bits per heavy atom. The van der Waals surface area contributed by atoms with E-state index in [1.165, 1.54) is 39.8 Å². The molecule has 0 fully saturated rings. The molecule has 1 nitrogen and oxygen atoms in total. The van der Waals surface area contributed by atoms with Crippen molar-refractivity contribution in [1.29, 1.82) is 0 Å². The molecule has 2 heteroatoms. The van der Waals surface area contributed by atoms with Crippen LogP contribution >= 0.6 is 12.4 Å². The number of rotatable bonds is 3. The van der Waals surface area contributed by atoms with Gasteiger partial charge in [0.25, 0.3) is 0 Å². The smallest absolute Gasteiger partial charge is 0.0336 e. The van der Waals surface area contributed by atoms with Crippen LogP contribution in [0.3, 0.4) is 0 Å². The molecule has 1 N–H and O–H groups in total. The lowest BCUT2D eigenvalue weighted by molar-refractivity contribution is 0.393. The average Bonchev–Trinajstić information content (AvgIpc) is 2.90. The standard InChI is InChI=1S/C23H29N.ClH/c1-16-6-10-18(11-7-16)20-14-15-21(24-23(3,4)5)22(20)19-12-8-17(2)9-13-19;/h6-13,21,24H,14-15H2,1-5H3;1H. The Morgan fingerprint density at radius 2 is 1.28 bits per heavy atom. The summed E-state index contributed by atoms with van der Waals surface area (Å²) in [5, 5.41) is 3.83. The average molecular weight is 356 g/mol. The minimum Gasteiger partial charge on any atom is -0.305 e. The Morgan fingerprint density at radius 1 is 0.800 bits per heavy atom. The Balaban J connectivity index is 0.00000225. The predicted molar refractivity (Wildman–Crippen MR) is 112 cm³/mol. The van der Waals surface area contributed by atoms with Gasteiger partial charge in [0.15, 0.2) is 0 Å². The number of nitrogens with one attached hydrogen (secondary N) is 1. The molecule has 0 saturated carbocycles. The maximum absolute atomic E-state index is 3.83. The summed E-state index contributed by atoms with van der Waals surface area (Å²) in [7, 11) is 0. The van der Waals surface area contributed by atoms with Crippen LogP contribution in [0.2, 0.25) is 0 Å². The normalized spacial score (nSPS) is 17.6. The topological polar surface area (TPSA) is 12.0 Å². The van der Waals surface area contributed by atoms with Crippen LogP contribution in [0.4, 0.5) is 0 Å². The second kappa shape index (κ2) is 7.76. The van der Waals surface area contributed by atoms with Gasteiger partial charge in [0.2, 0.25) is 0 Å². The summed E-state index contributed by atoms with van der Waals surface area (Å²) in [4.78, 5) is 0. The van der Waals surface area contributed by atoms with Gasteiger partial charge in [-0.05, 0) is 69.7 Å². The van der Waals surface area contributed by atoms with Crippen LogP contribution in [0.1, 0.15) is 55.9 Å². The molecule has 1 unspecified atom stereocenters. The summed E-state index contributed by atoms with van der Waals surface area (Å²) in [6, 6.07) is 18.4. The van der Waals surface area contributed by atoms with Crippen LogP contribution < -0.4 is 5.32 Å². The molecule has 0 bridgehead atoms. The fourth-order valence-electron chi connectivity index (χ4n) is 3.61. The van der Waals surface area contributed by atoms with Gasteiger partial charge >= 0.3 is 0 Å². The molecule has 0 aromatic heterocycles. The number of hydrogen-bond donors (Lipinski definition) is 1. The van der Waals surface area contributed by atoms with Gasteiger partial charge in [-0.25, -0.2) is 0 Å². The number of halogens is 1. The maximum atomic E-state index is 3.83. The minimum absolute atomic E-state index is 0. The summed E-state index contributed by atoms with van der Waals surface area (Å²) >= 11 is 0. The third-order valence-corrected chi connectivity index (χ3v) is 4.73. The van der Waals surface area contributed by atoms with Crippen LogP contribution in [0, 0.1) is 13.8 Å². The third kappa shape index (κ3) is 4.74. The highest BCUT2D eigenvalue weighted by atomic mass is 35.5. The molecule has 0 radical (unpaired) electrons. The highest BCUT2D eigenvalue weighted by Crippen LogP contribution is 2.40. The van der Waals surface area contributed by atoms with Gasteiger partial charge < -0.3 is 5.32 Å². The van der Waals surface area contributed by atoms with E-state index < -0.39 is 0 Å². The predicted octanol–water partition coefficient (Wildman–Crippen LogP) is 6.19. The van der Waals surface area contributed by atoms with E-state index in [2.05, 4.69) is 88.5 Å². The van der Waals surface area contributed by atoms with Gasteiger partial charge in [-0.3, -0.25) is 0 Å². The molecule has 1 aliphatic rings. The van der Waals surface area contributed by atoms with Crippen molar-refractivity contribution in [2.24, 2.45) is 0 Å². The van der Waals surface area contributed by atoms with Crippen molar-refractivity contribution in [1.82, 2.24) is 5.32 Å². The molecule has 0 amide bonds. The van der Waals surface area contributed by atoms with Gasteiger partial charge in [0.1, 0.15) is 0 Å². The van der Waals surface area contributed by atoms with Crippen molar-refractivity contribution in [3.63, 3.8) is 0 Å². The lowest BCUT2D eigenvalue weighted by Crippen LogP contribution is -2.43. The second-order valence-electron chi connectivity index (χ2n) is 8.11. The van der Waals surface area contributed by atoms with Crippen LogP contribution in [-0.4, -0.2) is 11.6 Å². The molecule has 0 spiro atoms. The first-order chi connectivity index (χ1) is 11.3. The van der Waals surface area contributed by atoms with Gasteiger partial charge in [-0.2, -0.15) is 0 Å². The van der Waals surface area contributed by atoms with Gasteiger partial charge in [-0.15, -0.1) is 12.4 Å². The summed E-state index contributed by atoms with van der Waals surface area (Å²) in [6.07, 6.45) is 2.31. The summed E-state index contributed by atoms with van der Waals surface area (Å²) < 4.78 is 0. The molecule has 1 aliphatic carbocycles. The van der Waals surface area contributed by atoms with E-state index in [-0.39, 0.29) is 17.9 Å². The van der Waals surface area contributed by atoms with Crippen molar-refractivity contribution in [2.45, 2.75) is 59.0 Å². The van der Waals surface area contributed by atoms with Crippen molar-refractivity contribution in [3.05, 3.63) is 70.8 Å². The quantitative estimate of drug-likeness (QED) is 0.692.